The lowest BCUT2D eigenvalue weighted by Crippen LogP contribution is -2.34. The predicted octanol–water partition coefficient (Wildman–Crippen LogP) is 6.72. The van der Waals surface area contributed by atoms with Gasteiger partial charge in [0.2, 0.25) is 0 Å². The third-order valence-corrected chi connectivity index (χ3v) is 6.31. The highest BCUT2D eigenvalue weighted by Gasteiger charge is 2.13. The van der Waals surface area contributed by atoms with E-state index in [1.165, 1.54) is 18.4 Å². The Morgan fingerprint density at radius 3 is 2.46 bits per heavy atom. The zero-order valence-corrected chi connectivity index (χ0v) is 22.5. The number of anilines is 1. The number of hydrogen-bond donors (Lipinski definition) is 2. The number of hydrogen-bond acceptors (Lipinski definition) is 5. The largest absolute Gasteiger partial charge is 0.494 e. The molecule has 7 nitrogen and oxygen atoms in total. The van der Waals surface area contributed by atoms with Gasteiger partial charge in [-0.15, -0.1) is 10.2 Å². The van der Waals surface area contributed by atoms with Gasteiger partial charge in [-0.3, -0.25) is 10.1 Å². The fourth-order valence-electron chi connectivity index (χ4n) is 3.72. The molecule has 1 amide bonds. The molecule has 0 unspecified atom stereocenters. The molecule has 0 radical (unpaired) electrons. The molecule has 3 aromatic carbocycles. The highest BCUT2D eigenvalue weighted by molar-refractivity contribution is 7.80. The summed E-state index contributed by atoms with van der Waals surface area (Å²) in [7, 11) is 0. The van der Waals surface area contributed by atoms with E-state index in [0.29, 0.717) is 39.7 Å². The molecule has 37 heavy (non-hydrogen) atoms. The molecule has 1 heterocycles. The van der Waals surface area contributed by atoms with Crippen molar-refractivity contribution in [3.05, 3.63) is 76.8 Å². The van der Waals surface area contributed by atoms with Gasteiger partial charge < -0.3 is 10.1 Å². The van der Waals surface area contributed by atoms with E-state index in [0.717, 1.165) is 24.9 Å². The quantitative estimate of drug-likeness (QED) is 0.173. The fourth-order valence-corrected chi connectivity index (χ4v) is 4.12. The van der Waals surface area contributed by atoms with Crippen molar-refractivity contribution in [2.75, 3.05) is 11.9 Å². The van der Waals surface area contributed by atoms with E-state index >= 15 is 0 Å². The minimum Gasteiger partial charge on any atom is -0.494 e. The molecule has 0 saturated carbocycles. The topological polar surface area (TPSA) is 81.1 Å². The number of halogens is 1. The SMILES string of the molecule is CCCCOc1cccc(C(=O)NC(=S)Nc2cc3nn(-c4ccc(CCCC)cc4)nc3cc2Cl)c1. The third kappa shape index (κ3) is 7.05. The highest BCUT2D eigenvalue weighted by atomic mass is 35.5. The van der Waals surface area contributed by atoms with Crippen molar-refractivity contribution in [3.8, 4) is 11.4 Å². The van der Waals surface area contributed by atoms with E-state index in [2.05, 4.69) is 46.8 Å². The molecule has 0 aliphatic carbocycles. The van der Waals surface area contributed by atoms with E-state index in [1.54, 1.807) is 35.1 Å². The van der Waals surface area contributed by atoms with Crippen molar-refractivity contribution in [1.29, 1.82) is 0 Å². The van der Waals surface area contributed by atoms with Crippen molar-refractivity contribution < 1.29 is 9.53 Å². The summed E-state index contributed by atoms with van der Waals surface area (Å²) in [5, 5.41) is 15.4. The van der Waals surface area contributed by atoms with Crippen molar-refractivity contribution in [2.45, 2.75) is 46.0 Å². The summed E-state index contributed by atoms with van der Waals surface area (Å²) in [5.41, 5.74) is 4.43. The maximum atomic E-state index is 12.7. The van der Waals surface area contributed by atoms with E-state index < -0.39 is 0 Å². The van der Waals surface area contributed by atoms with Gasteiger partial charge in [0, 0.05) is 5.56 Å². The van der Waals surface area contributed by atoms with Crippen LogP contribution in [0.25, 0.3) is 16.7 Å². The molecule has 0 spiro atoms. The Hall–Kier alpha value is -3.49. The molecular weight excluding hydrogens is 506 g/mol. The van der Waals surface area contributed by atoms with Crippen LogP contribution in [0, 0.1) is 0 Å². The number of thiocarbonyl (C=S) groups is 1. The normalized spacial score (nSPS) is 10.9. The minimum atomic E-state index is -0.344. The Morgan fingerprint density at radius 2 is 1.73 bits per heavy atom. The highest BCUT2D eigenvalue weighted by Crippen LogP contribution is 2.27. The Bertz CT molecular complexity index is 1390. The lowest BCUT2D eigenvalue weighted by Gasteiger charge is -2.11. The first-order valence-electron chi connectivity index (χ1n) is 12.5. The lowest BCUT2D eigenvalue weighted by atomic mass is 10.1. The summed E-state index contributed by atoms with van der Waals surface area (Å²) >= 11 is 11.8. The Balaban J connectivity index is 1.43. The number of benzene rings is 3. The summed E-state index contributed by atoms with van der Waals surface area (Å²) in [6.45, 7) is 4.89. The van der Waals surface area contributed by atoms with Crippen LogP contribution in [-0.2, 0) is 6.42 Å². The molecule has 0 atom stereocenters. The third-order valence-electron chi connectivity index (χ3n) is 5.79. The van der Waals surface area contributed by atoms with Crippen molar-refractivity contribution >= 4 is 51.6 Å². The second-order valence-corrected chi connectivity index (χ2v) is 9.53. The van der Waals surface area contributed by atoms with Gasteiger partial charge in [0.25, 0.3) is 5.91 Å². The number of ether oxygens (including phenoxy) is 1. The predicted molar refractivity (Wildman–Crippen MR) is 153 cm³/mol. The maximum absolute atomic E-state index is 12.7. The first-order chi connectivity index (χ1) is 18.0. The first kappa shape index (κ1) is 26.6. The summed E-state index contributed by atoms with van der Waals surface area (Å²) in [6, 6.07) is 18.7. The molecule has 0 fully saturated rings. The van der Waals surface area contributed by atoms with Crippen molar-refractivity contribution in [2.24, 2.45) is 0 Å². The molecular formula is C28H30ClN5O2S. The van der Waals surface area contributed by atoms with Gasteiger partial charge in [-0.05, 0) is 79.5 Å². The standard InChI is InChI=1S/C28H30ClN5O2S/c1-3-5-8-19-11-13-21(14-12-19)34-32-25-17-23(29)24(18-26(25)33-34)30-28(37)31-27(35)20-9-7-10-22(16-20)36-15-6-4-2/h7,9-14,16-18H,3-6,8,15H2,1-2H3,(H2,30,31,35,37). The van der Waals surface area contributed by atoms with Crippen LogP contribution in [0.2, 0.25) is 5.02 Å². The van der Waals surface area contributed by atoms with E-state index in [9.17, 15) is 4.79 Å². The van der Waals surface area contributed by atoms with E-state index in [-0.39, 0.29) is 11.0 Å². The smallest absolute Gasteiger partial charge is 0.257 e. The molecule has 0 bridgehead atoms. The molecule has 2 N–H and O–H groups in total. The second-order valence-electron chi connectivity index (χ2n) is 8.72. The van der Waals surface area contributed by atoms with Crippen LogP contribution in [0.3, 0.4) is 0 Å². The Labute approximate surface area is 227 Å². The number of nitrogens with one attached hydrogen (secondary N) is 2. The van der Waals surface area contributed by atoms with Crippen molar-refractivity contribution in [1.82, 2.24) is 20.3 Å². The number of nitrogens with zero attached hydrogens (tertiary/aromatic N) is 3. The van der Waals surface area contributed by atoms with Gasteiger partial charge in [0.05, 0.1) is 23.0 Å². The summed E-state index contributed by atoms with van der Waals surface area (Å²) in [4.78, 5) is 14.3. The maximum Gasteiger partial charge on any atom is 0.257 e. The number of unbranched alkanes of at least 4 members (excludes halogenated alkanes) is 2. The molecule has 1 aromatic heterocycles. The van der Waals surface area contributed by atoms with Crippen LogP contribution in [0.1, 0.15) is 55.5 Å². The number of aromatic nitrogens is 3. The molecule has 4 rings (SSSR count). The first-order valence-corrected chi connectivity index (χ1v) is 13.3. The van der Waals surface area contributed by atoms with Gasteiger partial charge in [0.1, 0.15) is 16.8 Å². The van der Waals surface area contributed by atoms with E-state index in [1.807, 2.05) is 18.2 Å². The van der Waals surface area contributed by atoms with Crippen LogP contribution < -0.4 is 15.4 Å². The zero-order valence-electron chi connectivity index (χ0n) is 21.0. The van der Waals surface area contributed by atoms with Gasteiger partial charge in [-0.2, -0.15) is 4.80 Å². The van der Waals surface area contributed by atoms with Gasteiger partial charge in [-0.1, -0.05) is 56.5 Å². The molecule has 192 valence electrons. The summed E-state index contributed by atoms with van der Waals surface area (Å²) < 4.78 is 5.69. The molecule has 4 aromatic rings. The molecule has 0 aliphatic heterocycles. The van der Waals surface area contributed by atoms with Crippen LogP contribution in [-0.4, -0.2) is 32.6 Å². The zero-order chi connectivity index (χ0) is 26.2. The average molecular weight is 536 g/mol. The number of aryl methyl sites for hydroxylation is 1. The van der Waals surface area contributed by atoms with Crippen LogP contribution in [0.4, 0.5) is 5.69 Å². The van der Waals surface area contributed by atoms with E-state index in [4.69, 9.17) is 28.6 Å². The Morgan fingerprint density at radius 1 is 1.00 bits per heavy atom. The number of carbonyl (C=O) groups is 1. The summed E-state index contributed by atoms with van der Waals surface area (Å²) in [5.74, 6) is 0.302. The molecule has 9 heteroatoms. The summed E-state index contributed by atoms with van der Waals surface area (Å²) in [6.07, 6.45) is 5.38. The number of fused-ring (bicyclic) bond motifs is 1. The van der Waals surface area contributed by atoms with Crippen LogP contribution in [0.5, 0.6) is 5.75 Å². The van der Waals surface area contributed by atoms with Crippen LogP contribution in [0.15, 0.2) is 60.7 Å². The van der Waals surface area contributed by atoms with Crippen LogP contribution >= 0.6 is 23.8 Å². The number of rotatable bonds is 10. The fraction of sp³-hybridized carbons (Fsp3) is 0.286. The number of amides is 1. The second kappa shape index (κ2) is 12.7. The van der Waals surface area contributed by atoms with Crippen molar-refractivity contribution in [3.63, 3.8) is 0 Å². The van der Waals surface area contributed by atoms with Gasteiger partial charge >= 0.3 is 0 Å². The minimum absolute atomic E-state index is 0.124. The average Bonchev–Trinajstić information content (AvgIpc) is 3.31. The monoisotopic (exact) mass is 535 g/mol. The number of carbonyl (C=O) groups excluding carboxylic acids is 1. The van der Waals surface area contributed by atoms with Gasteiger partial charge in [-0.25, -0.2) is 0 Å². The molecule has 0 saturated heterocycles. The molecule has 0 aliphatic rings. The van der Waals surface area contributed by atoms with Gasteiger partial charge in [0.15, 0.2) is 5.11 Å². The Kier molecular flexibility index (Phi) is 9.09. The lowest BCUT2D eigenvalue weighted by molar-refractivity contribution is 0.0977.